The fourth-order valence-electron chi connectivity index (χ4n) is 1.77. The van der Waals surface area contributed by atoms with E-state index >= 15 is 0 Å². The van der Waals surface area contributed by atoms with Crippen LogP contribution in [0.4, 0.5) is 8.78 Å². The Morgan fingerprint density at radius 3 is 2.57 bits per heavy atom. The lowest BCUT2D eigenvalue weighted by molar-refractivity contribution is 0.462. The minimum absolute atomic E-state index is 0.0307. The fourth-order valence-corrected chi connectivity index (χ4v) is 1.88. The zero-order chi connectivity index (χ0) is 15.4. The van der Waals surface area contributed by atoms with E-state index in [1.54, 1.807) is 6.07 Å². The standard InChI is InChI=1S/C16H16ClF2NO/c1-10(2)20-9-11-7-12(18)3-6-16(11)21-13-4-5-14(17)15(19)8-13/h3-8,10,20H,9H2,1-2H3. The summed E-state index contributed by atoms with van der Waals surface area (Å²) in [5, 5.41) is 3.22. The zero-order valence-electron chi connectivity index (χ0n) is 11.8. The number of ether oxygens (including phenoxy) is 1. The van der Waals surface area contributed by atoms with Gasteiger partial charge in [0.15, 0.2) is 0 Å². The lowest BCUT2D eigenvalue weighted by Crippen LogP contribution is -2.22. The van der Waals surface area contributed by atoms with E-state index in [2.05, 4.69) is 5.32 Å². The van der Waals surface area contributed by atoms with Crippen molar-refractivity contribution >= 4 is 11.6 Å². The molecule has 2 aromatic carbocycles. The third kappa shape index (κ3) is 4.41. The molecule has 0 fully saturated rings. The van der Waals surface area contributed by atoms with Crippen molar-refractivity contribution < 1.29 is 13.5 Å². The van der Waals surface area contributed by atoms with Gasteiger partial charge in [-0.25, -0.2) is 8.78 Å². The molecule has 0 aliphatic rings. The maximum atomic E-state index is 13.4. The summed E-state index contributed by atoms with van der Waals surface area (Å²) in [4.78, 5) is 0. The summed E-state index contributed by atoms with van der Waals surface area (Å²) in [6, 6.07) is 8.67. The smallest absolute Gasteiger partial charge is 0.145 e. The maximum Gasteiger partial charge on any atom is 0.145 e. The van der Waals surface area contributed by atoms with Crippen LogP contribution in [0.5, 0.6) is 11.5 Å². The molecule has 0 aromatic heterocycles. The number of halogens is 3. The number of benzene rings is 2. The Hall–Kier alpha value is -1.65. The van der Waals surface area contributed by atoms with Crippen LogP contribution in [-0.4, -0.2) is 6.04 Å². The second-order valence-electron chi connectivity index (χ2n) is 4.97. The highest BCUT2D eigenvalue weighted by molar-refractivity contribution is 6.30. The van der Waals surface area contributed by atoms with E-state index in [1.807, 2.05) is 13.8 Å². The van der Waals surface area contributed by atoms with Gasteiger partial charge in [-0.2, -0.15) is 0 Å². The quantitative estimate of drug-likeness (QED) is 0.847. The van der Waals surface area contributed by atoms with Crippen LogP contribution in [0.2, 0.25) is 5.02 Å². The Bertz CT molecular complexity index is 632. The highest BCUT2D eigenvalue weighted by Gasteiger charge is 2.09. The van der Waals surface area contributed by atoms with E-state index in [0.717, 1.165) is 0 Å². The van der Waals surface area contributed by atoms with Gasteiger partial charge in [-0.1, -0.05) is 25.4 Å². The van der Waals surface area contributed by atoms with Crippen molar-refractivity contribution in [1.82, 2.24) is 5.32 Å². The number of hydrogen-bond acceptors (Lipinski definition) is 2. The highest BCUT2D eigenvalue weighted by Crippen LogP contribution is 2.28. The van der Waals surface area contributed by atoms with Crippen molar-refractivity contribution in [3.63, 3.8) is 0 Å². The Balaban J connectivity index is 2.23. The average molecular weight is 312 g/mol. The van der Waals surface area contributed by atoms with Crippen LogP contribution in [0.25, 0.3) is 0 Å². The molecule has 0 heterocycles. The third-order valence-corrected chi connectivity index (χ3v) is 3.15. The van der Waals surface area contributed by atoms with Gasteiger partial charge >= 0.3 is 0 Å². The van der Waals surface area contributed by atoms with Crippen LogP contribution >= 0.6 is 11.6 Å². The van der Waals surface area contributed by atoms with Gasteiger partial charge < -0.3 is 10.1 Å². The summed E-state index contributed by atoms with van der Waals surface area (Å²) in [5.74, 6) is -0.107. The zero-order valence-corrected chi connectivity index (χ0v) is 12.5. The second kappa shape index (κ2) is 6.87. The minimum Gasteiger partial charge on any atom is -0.457 e. The van der Waals surface area contributed by atoms with E-state index in [0.29, 0.717) is 23.6 Å². The topological polar surface area (TPSA) is 21.3 Å². The first kappa shape index (κ1) is 15.7. The molecule has 0 amide bonds. The van der Waals surface area contributed by atoms with Crippen LogP contribution in [0, 0.1) is 11.6 Å². The van der Waals surface area contributed by atoms with Gasteiger partial charge in [-0.05, 0) is 30.3 Å². The SMILES string of the molecule is CC(C)NCc1cc(F)ccc1Oc1ccc(Cl)c(F)c1. The van der Waals surface area contributed by atoms with Gasteiger partial charge in [0.05, 0.1) is 5.02 Å². The van der Waals surface area contributed by atoms with Crippen LogP contribution in [0.1, 0.15) is 19.4 Å². The first-order valence-electron chi connectivity index (χ1n) is 6.60. The minimum atomic E-state index is -0.557. The number of rotatable bonds is 5. The Morgan fingerprint density at radius 2 is 1.90 bits per heavy atom. The van der Waals surface area contributed by atoms with Crippen LogP contribution in [0.3, 0.4) is 0 Å². The molecular formula is C16H16ClF2NO. The monoisotopic (exact) mass is 311 g/mol. The van der Waals surface area contributed by atoms with Gasteiger partial charge in [-0.3, -0.25) is 0 Å². The van der Waals surface area contributed by atoms with Gasteiger partial charge in [0, 0.05) is 24.2 Å². The molecule has 0 aliphatic carbocycles. The largest absolute Gasteiger partial charge is 0.457 e. The van der Waals surface area contributed by atoms with Gasteiger partial charge in [0.1, 0.15) is 23.1 Å². The maximum absolute atomic E-state index is 13.4. The van der Waals surface area contributed by atoms with Crippen LogP contribution < -0.4 is 10.1 Å². The molecule has 5 heteroatoms. The summed E-state index contributed by atoms with van der Waals surface area (Å²) in [5.41, 5.74) is 0.666. The molecule has 2 rings (SSSR count). The van der Waals surface area contributed by atoms with E-state index < -0.39 is 5.82 Å². The molecule has 0 saturated carbocycles. The van der Waals surface area contributed by atoms with Crippen molar-refractivity contribution in [3.8, 4) is 11.5 Å². The Kier molecular flexibility index (Phi) is 5.15. The van der Waals surface area contributed by atoms with Crippen molar-refractivity contribution in [2.24, 2.45) is 0 Å². The first-order chi connectivity index (χ1) is 9.95. The molecule has 0 spiro atoms. The fraction of sp³-hybridized carbons (Fsp3) is 0.250. The van der Waals surface area contributed by atoms with Crippen molar-refractivity contribution in [2.45, 2.75) is 26.4 Å². The van der Waals surface area contributed by atoms with E-state index in [4.69, 9.17) is 16.3 Å². The highest BCUT2D eigenvalue weighted by atomic mass is 35.5. The predicted molar refractivity (Wildman–Crippen MR) is 79.9 cm³/mol. The molecule has 0 unspecified atom stereocenters. The molecule has 0 bridgehead atoms. The average Bonchev–Trinajstić information content (AvgIpc) is 2.43. The van der Waals surface area contributed by atoms with Gasteiger partial charge in [-0.15, -0.1) is 0 Å². The molecule has 112 valence electrons. The summed E-state index contributed by atoms with van der Waals surface area (Å²) in [7, 11) is 0. The normalized spacial score (nSPS) is 11.0. The van der Waals surface area contributed by atoms with Crippen molar-refractivity contribution in [3.05, 3.63) is 58.6 Å². The lowest BCUT2D eigenvalue weighted by Gasteiger charge is -2.14. The third-order valence-electron chi connectivity index (χ3n) is 2.84. The number of nitrogens with one attached hydrogen (secondary N) is 1. The molecule has 0 atom stereocenters. The van der Waals surface area contributed by atoms with Crippen LogP contribution in [0.15, 0.2) is 36.4 Å². The van der Waals surface area contributed by atoms with Gasteiger partial charge in [0.2, 0.25) is 0 Å². The lowest BCUT2D eigenvalue weighted by atomic mass is 10.2. The molecule has 0 aliphatic heterocycles. The molecule has 1 N–H and O–H groups in total. The predicted octanol–water partition coefficient (Wildman–Crippen LogP) is 4.91. The molecule has 21 heavy (non-hydrogen) atoms. The summed E-state index contributed by atoms with van der Waals surface area (Å²) in [6.07, 6.45) is 0. The number of hydrogen-bond donors (Lipinski definition) is 1. The van der Waals surface area contributed by atoms with Crippen LogP contribution in [-0.2, 0) is 6.54 Å². The second-order valence-corrected chi connectivity index (χ2v) is 5.37. The Labute approximate surface area is 127 Å². The molecule has 2 nitrogen and oxygen atoms in total. The summed E-state index contributed by atoms with van der Waals surface area (Å²) < 4.78 is 32.4. The summed E-state index contributed by atoms with van der Waals surface area (Å²) in [6.45, 7) is 4.45. The van der Waals surface area contributed by atoms with Gasteiger partial charge in [0.25, 0.3) is 0 Å². The summed E-state index contributed by atoms with van der Waals surface area (Å²) >= 11 is 5.63. The van der Waals surface area contributed by atoms with E-state index in [1.165, 1.54) is 30.3 Å². The molecular weight excluding hydrogens is 296 g/mol. The molecule has 0 saturated heterocycles. The molecule has 2 aromatic rings. The molecule has 0 radical (unpaired) electrons. The first-order valence-corrected chi connectivity index (χ1v) is 6.98. The van der Waals surface area contributed by atoms with Crippen molar-refractivity contribution in [2.75, 3.05) is 0 Å². The Morgan fingerprint density at radius 1 is 1.14 bits per heavy atom. The van der Waals surface area contributed by atoms with Crippen molar-refractivity contribution in [1.29, 1.82) is 0 Å². The van der Waals surface area contributed by atoms with E-state index in [-0.39, 0.29) is 16.9 Å². The van der Waals surface area contributed by atoms with E-state index in [9.17, 15) is 8.78 Å².